The van der Waals surface area contributed by atoms with Gasteiger partial charge in [-0.1, -0.05) is 0 Å². The van der Waals surface area contributed by atoms with Crippen LogP contribution in [0, 0.1) is 17.0 Å². The number of hydrogen-bond acceptors (Lipinski definition) is 5. The van der Waals surface area contributed by atoms with Gasteiger partial charge in [0.25, 0.3) is 0 Å². The van der Waals surface area contributed by atoms with E-state index in [-0.39, 0.29) is 11.4 Å². The highest BCUT2D eigenvalue weighted by Gasteiger charge is 2.20. The summed E-state index contributed by atoms with van der Waals surface area (Å²) >= 11 is 0. The summed E-state index contributed by atoms with van der Waals surface area (Å²) in [5.74, 6) is 0.554. The molecule has 2 aromatic rings. The van der Waals surface area contributed by atoms with Crippen LogP contribution >= 0.6 is 0 Å². The fourth-order valence-corrected chi connectivity index (χ4v) is 1.84. The Hall–Kier alpha value is -2.37. The molecular formula is C12H12N2O4. The second-order valence-corrected chi connectivity index (χ2v) is 3.75. The quantitative estimate of drug-likeness (QED) is 0.616. The zero-order valence-electron chi connectivity index (χ0n) is 10.3. The third kappa shape index (κ3) is 1.81. The third-order valence-electron chi connectivity index (χ3n) is 2.71. The molecule has 0 unspecified atom stereocenters. The first-order valence-corrected chi connectivity index (χ1v) is 5.25. The standard InChI is InChI=1S/C12H12N2O4/c1-7-6-10(17-2)13-11-8(7)4-5-9(14(15)16)12(11)18-3/h4-6H,1-3H3. The lowest BCUT2D eigenvalue weighted by Gasteiger charge is -2.09. The summed E-state index contributed by atoms with van der Waals surface area (Å²) in [5.41, 5.74) is 1.25. The maximum absolute atomic E-state index is 10.9. The van der Waals surface area contributed by atoms with Crippen molar-refractivity contribution in [2.45, 2.75) is 6.92 Å². The molecule has 18 heavy (non-hydrogen) atoms. The Morgan fingerprint density at radius 3 is 2.56 bits per heavy atom. The second-order valence-electron chi connectivity index (χ2n) is 3.75. The Balaban J connectivity index is 2.86. The molecule has 6 nitrogen and oxygen atoms in total. The van der Waals surface area contributed by atoms with Crippen LogP contribution in [-0.2, 0) is 0 Å². The third-order valence-corrected chi connectivity index (χ3v) is 2.71. The number of nitro groups is 1. The van der Waals surface area contributed by atoms with Gasteiger partial charge in [-0.15, -0.1) is 0 Å². The molecule has 94 valence electrons. The molecule has 0 N–H and O–H groups in total. The normalized spacial score (nSPS) is 10.4. The molecule has 0 amide bonds. The Labute approximate surface area is 103 Å². The zero-order valence-corrected chi connectivity index (χ0v) is 10.3. The molecule has 0 aliphatic rings. The van der Waals surface area contributed by atoms with Crippen molar-refractivity contribution < 1.29 is 14.4 Å². The van der Waals surface area contributed by atoms with Gasteiger partial charge < -0.3 is 9.47 Å². The van der Waals surface area contributed by atoms with Crippen LogP contribution in [0.5, 0.6) is 11.6 Å². The van der Waals surface area contributed by atoms with Gasteiger partial charge in [-0.25, -0.2) is 4.98 Å². The largest absolute Gasteiger partial charge is 0.489 e. The molecule has 1 aromatic carbocycles. The van der Waals surface area contributed by atoms with Crippen molar-refractivity contribution in [2.75, 3.05) is 14.2 Å². The molecule has 0 saturated carbocycles. The summed E-state index contributed by atoms with van der Waals surface area (Å²) in [6.07, 6.45) is 0. The summed E-state index contributed by atoms with van der Waals surface area (Å²) in [7, 11) is 2.88. The molecule has 0 aliphatic carbocycles. The highest BCUT2D eigenvalue weighted by atomic mass is 16.6. The van der Waals surface area contributed by atoms with Gasteiger partial charge >= 0.3 is 5.69 Å². The van der Waals surface area contributed by atoms with Crippen LogP contribution in [0.4, 0.5) is 5.69 Å². The minimum absolute atomic E-state index is 0.106. The van der Waals surface area contributed by atoms with Gasteiger partial charge in [-0.2, -0.15) is 0 Å². The monoisotopic (exact) mass is 248 g/mol. The molecule has 6 heteroatoms. The van der Waals surface area contributed by atoms with E-state index < -0.39 is 4.92 Å². The maximum atomic E-state index is 10.9. The van der Waals surface area contributed by atoms with Crippen LogP contribution in [0.25, 0.3) is 10.9 Å². The number of rotatable bonds is 3. The summed E-state index contributed by atoms with van der Waals surface area (Å²) in [6.45, 7) is 1.89. The van der Waals surface area contributed by atoms with Gasteiger partial charge in [-0.05, 0) is 18.6 Å². The summed E-state index contributed by atoms with van der Waals surface area (Å²) in [5, 5.41) is 11.7. The van der Waals surface area contributed by atoms with E-state index in [1.54, 1.807) is 12.1 Å². The van der Waals surface area contributed by atoms with Crippen molar-refractivity contribution in [1.29, 1.82) is 0 Å². The summed E-state index contributed by atoms with van der Waals surface area (Å²) < 4.78 is 10.2. The lowest BCUT2D eigenvalue weighted by molar-refractivity contribution is -0.385. The number of nitrogens with zero attached hydrogens (tertiary/aromatic N) is 2. The van der Waals surface area contributed by atoms with Crippen molar-refractivity contribution in [3.63, 3.8) is 0 Å². The lowest BCUT2D eigenvalue weighted by Crippen LogP contribution is -1.98. The molecule has 2 rings (SSSR count). The molecule has 0 atom stereocenters. The SMILES string of the molecule is COc1cc(C)c2ccc([N+](=O)[O-])c(OC)c2n1. The van der Waals surface area contributed by atoms with Crippen LogP contribution in [-0.4, -0.2) is 24.1 Å². The molecule has 0 fully saturated rings. The van der Waals surface area contributed by atoms with Crippen LogP contribution in [0.15, 0.2) is 18.2 Å². The predicted molar refractivity (Wildman–Crippen MR) is 66.2 cm³/mol. The molecule has 0 saturated heterocycles. The van der Waals surface area contributed by atoms with Gasteiger partial charge in [-0.3, -0.25) is 10.1 Å². The van der Waals surface area contributed by atoms with Crippen molar-refractivity contribution in [3.8, 4) is 11.6 Å². The van der Waals surface area contributed by atoms with E-state index in [9.17, 15) is 10.1 Å². The zero-order chi connectivity index (χ0) is 13.3. The summed E-state index contributed by atoms with van der Waals surface area (Å²) in [4.78, 5) is 14.7. The number of aromatic nitrogens is 1. The van der Waals surface area contributed by atoms with Crippen molar-refractivity contribution in [2.24, 2.45) is 0 Å². The first-order chi connectivity index (χ1) is 8.58. The van der Waals surface area contributed by atoms with Crippen molar-refractivity contribution in [3.05, 3.63) is 33.9 Å². The Morgan fingerprint density at radius 2 is 2.00 bits per heavy atom. The number of aryl methyl sites for hydroxylation is 1. The maximum Gasteiger partial charge on any atom is 0.313 e. The highest BCUT2D eigenvalue weighted by molar-refractivity contribution is 5.91. The molecule has 0 spiro atoms. The molecule has 0 bridgehead atoms. The van der Waals surface area contributed by atoms with Gasteiger partial charge in [0.1, 0.15) is 5.52 Å². The van der Waals surface area contributed by atoms with E-state index in [1.165, 1.54) is 20.3 Å². The number of nitro benzene ring substituents is 1. The second kappa shape index (κ2) is 4.48. The van der Waals surface area contributed by atoms with E-state index in [0.29, 0.717) is 11.4 Å². The minimum Gasteiger partial charge on any atom is -0.489 e. The first kappa shape index (κ1) is 12.1. The smallest absolute Gasteiger partial charge is 0.313 e. The van der Waals surface area contributed by atoms with Crippen LogP contribution in [0.2, 0.25) is 0 Å². The van der Waals surface area contributed by atoms with Crippen molar-refractivity contribution >= 4 is 16.6 Å². The minimum atomic E-state index is -0.491. The van der Waals surface area contributed by atoms with E-state index in [1.807, 2.05) is 6.92 Å². The highest BCUT2D eigenvalue weighted by Crippen LogP contribution is 2.36. The number of hydrogen-bond donors (Lipinski definition) is 0. The molecule has 1 aromatic heterocycles. The number of ether oxygens (including phenoxy) is 2. The van der Waals surface area contributed by atoms with E-state index in [2.05, 4.69) is 4.98 Å². The van der Waals surface area contributed by atoms with E-state index in [4.69, 9.17) is 9.47 Å². The number of pyridine rings is 1. The average Bonchev–Trinajstić information content (AvgIpc) is 2.36. The van der Waals surface area contributed by atoms with Gasteiger partial charge in [0.15, 0.2) is 0 Å². The summed E-state index contributed by atoms with van der Waals surface area (Å²) in [6, 6.07) is 4.85. The Kier molecular flexibility index (Phi) is 3.01. The van der Waals surface area contributed by atoms with E-state index in [0.717, 1.165) is 10.9 Å². The van der Waals surface area contributed by atoms with Crippen LogP contribution in [0.1, 0.15) is 5.56 Å². The first-order valence-electron chi connectivity index (χ1n) is 5.25. The van der Waals surface area contributed by atoms with Gasteiger partial charge in [0.05, 0.1) is 19.1 Å². The van der Waals surface area contributed by atoms with Crippen LogP contribution < -0.4 is 9.47 Å². The average molecular weight is 248 g/mol. The fourth-order valence-electron chi connectivity index (χ4n) is 1.84. The number of benzene rings is 1. The molecule has 0 radical (unpaired) electrons. The fraction of sp³-hybridized carbons (Fsp3) is 0.250. The van der Waals surface area contributed by atoms with Gasteiger partial charge in [0, 0.05) is 17.5 Å². The predicted octanol–water partition coefficient (Wildman–Crippen LogP) is 2.47. The van der Waals surface area contributed by atoms with E-state index >= 15 is 0 Å². The Morgan fingerprint density at radius 1 is 1.28 bits per heavy atom. The Bertz CT molecular complexity index is 625. The molecular weight excluding hydrogens is 236 g/mol. The molecule has 1 heterocycles. The number of fused-ring (bicyclic) bond motifs is 1. The lowest BCUT2D eigenvalue weighted by atomic mass is 10.1. The van der Waals surface area contributed by atoms with Crippen LogP contribution in [0.3, 0.4) is 0 Å². The van der Waals surface area contributed by atoms with Crippen molar-refractivity contribution in [1.82, 2.24) is 4.98 Å². The number of methoxy groups -OCH3 is 2. The molecule has 0 aliphatic heterocycles. The topological polar surface area (TPSA) is 74.5 Å². The van der Waals surface area contributed by atoms with Gasteiger partial charge in [0.2, 0.25) is 11.6 Å².